The summed E-state index contributed by atoms with van der Waals surface area (Å²) in [5.41, 5.74) is 2.79. The zero-order valence-corrected chi connectivity index (χ0v) is 14.2. The van der Waals surface area contributed by atoms with Crippen LogP contribution in [0.5, 0.6) is 5.75 Å². The van der Waals surface area contributed by atoms with Gasteiger partial charge in [0.05, 0.1) is 18.4 Å². The largest absolute Gasteiger partial charge is 0.493 e. The lowest BCUT2D eigenvalue weighted by molar-refractivity contribution is 0.109. The molecular weight excluding hydrogens is 319 g/mol. The van der Waals surface area contributed by atoms with Crippen LogP contribution in [0.3, 0.4) is 0 Å². The van der Waals surface area contributed by atoms with E-state index in [4.69, 9.17) is 4.74 Å². The first-order valence-electron chi connectivity index (χ1n) is 8.86. The minimum absolute atomic E-state index is 0.170. The van der Waals surface area contributed by atoms with Crippen LogP contribution in [0.1, 0.15) is 17.2 Å². The third kappa shape index (κ3) is 3.48. The minimum atomic E-state index is -0.508. The molecule has 2 aromatic carbocycles. The Bertz CT molecular complexity index is 744. The zero-order valence-electron chi connectivity index (χ0n) is 14.2. The molecule has 5 heteroatoms. The third-order valence-corrected chi connectivity index (χ3v) is 5.09. The maximum atomic E-state index is 13.9. The van der Waals surface area contributed by atoms with Gasteiger partial charge in [-0.1, -0.05) is 18.2 Å². The number of piperazine rings is 1. The van der Waals surface area contributed by atoms with Crippen LogP contribution < -0.4 is 9.64 Å². The molecule has 0 saturated carbocycles. The highest BCUT2D eigenvalue weighted by Gasteiger charge is 2.22. The highest BCUT2D eigenvalue weighted by Crippen LogP contribution is 2.28. The molecule has 4 rings (SSSR count). The second-order valence-electron chi connectivity index (χ2n) is 6.72. The van der Waals surface area contributed by atoms with Crippen molar-refractivity contribution in [1.29, 1.82) is 0 Å². The van der Waals surface area contributed by atoms with Crippen molar-refractivity contribution >= 4 is 5.69 Å². The van der Waals surface area contributed by atoms with Gasteiger partial charge in [0.15, 0.2) is 0 Å². The Morgan fingerprint density at radius 2 is 1.88 bits per heavy atom. The Morgan fingerprint density at radius 3 is 2.68 bits per heavy atom. The molecule has 0 aliphatic carbocycles. The first-order valence-corrected chi connectivity index (χ1v) is 8.86. The molecule has 132 valence electrons. The lowest BCUT2D eigenvalue weighted by Crippen LogP contribution is -2.47. The summed E-state index contributed by atoms with van der Waals surface area (Å²) < 4.78 is 19.4. The molecule has 0 radical (unpaired) electrons. The summed E-state index contributed by atoms with van der Waals surface area (Å²) in [6.07, 6.45) is 0.405. The first-order chi connectivity index (χ1) is 12.2. The second-order valence-corrected chi connectivity index (χ2v) is 6.72. The number of aliphatic hydroxyl groups is 1. The molecule has 0 amide bonds. The van der Waals surface area contributed by atoms with Gasteiger partial charge in [-0.15, -0.1) is 0 Å². The van der Waals surface area contributed by atoms with Gasteiger partial charge in [-0.25, -0.2) is 4.39 Å². The zero-order chi connectivity index (χ0) is 17.2. The van der Waals surface area contributed by atoms with Crippen LogP contribution in [0.15, 0.2) is 42.5 Å². The number of para-hydroxylation sites is 1. The van der Waals surface area contributed by atoms with Crippen molar-refractivity contribution in [3.05, 3.63) is 59.4 Å². The fourth-order valence-corrected chi connectivity index (χ4v) is 3.64. The summed E-state index contributed by atoms with van der Waals surface area (Å²) in [4.78, 5) is 4.32. The van der Waals surface area contributed by atoms with Crippen molar-refractivity contribution in [2.75, 3.05) is 44.2 Å². The number of aliphatic hydroxyl groups excluding tert-OH is 1. The molecule has 0 spiro atoms. The number of halogens is 1. The van der Waals surface area contributed by atoms with Crippen molar-refractivity contribution in [2.24, 2.45) is 0 Å². The van der Waals surface area contributed by atoms with Gasteiger partial charge in [-0.2, -0.15) is 0 Å². The van der Waals surface area contributed by atoms with Gasteiger partial charge in [0.1, 0.15) is 11.6 Å². The number of ether oxygens (including phenoxy) is 1. The van der Waals surface area contributed by atoms with Crippen molar-refractivity contribution in [3.8, 4) is 5.75 Å². The number of rotatable bonds is 4. The van der Waals surface area contributed by atoms with E-state index < -0.39 is 6.10 Å². The standard InChI is InChI=1S/C20H23FN2O2/c21-17-3-1-2-4-18(17)23-10-8-22(9-11-23)14-19(24)15-5-6-20-16(13-15)7-12-25-20/h1-6,13,19,24H,7-12,14H2. The van der Waals surface area contributed by atoms with Crippen LogP contribution in [0.2, 0.25) is 0 Å². The predicted molar refractivity (Wildman–Crippen MR) is 95.7 cm³/mol. The molecule has 4 nitrogen and oxygen atoms in total. The molecule has 1 saturated heterocycles. The molecule has 2 heterocycles. The topological polar surface area (TPSA) is 35.9 Å². The van der Waals surface area contributed by atoms with Gasteiger partial charge in [-0.3, -0.25) is 4.90 Å². The lowest BCUT2D eigenvalue weighted by Gasteiger charge is -2.37. The average molecular weight is 342 g/mol. The van der Waals surface area contributed by atoms with Gasteiger partial charge >= 0.3 is 0 Å². The quantitative estimate of drug-likeness (QED) is 0.927. The van der Waals surface area contributed by atoms with Gasteiger partial charge in [0.25, 0.3) is 0 Å². The molecular formula is C20H23FN2O2. The van der Waals surface area contributed by atoms with E-state index in [1.807, 2.05) is 24.3 Å². The predicted octanol–water partition coefficient (Wildman–Crippen LogP) is 2.62. The minimum Gasteiger partial charge on any atom is -0.493 e. The molecule has 1 fully saturated rings. The summed E-state index contributed by atoms with van der Waals surface area (Å²) in [7, 11) is 0. The number of hydrogen-bond acceptors (Lipinski definition) is 4. The Hall–Kier alpha value is -2.11. The molecule has 2 aliphatic heterocycles. The normalized spacial score (nSPS) is 18.7. The molecule has 1 atom stereocenters. The summed E-state index contributed by atoms with van der Waals surface area (Å²) >= 11 is 0. The smallest absolute Gasteiger partial charge is 0.146 e. The molecule has 0 bridgehead atoms. The Labute approximate surface area is 147 Å². The first kappa shape index (κ1) is 16.4. The fourth-order valence-electron chi connectivity index (χ4n) is 3.64. The van der Waals surface area contributed by atoms with E-state index in [0.29, 0.717) is 12.2 Å². The van der Waals surface area contributed by atoms with E-state index in [1.54, 1.807) is 6.07 Å². The van der Waals surface area contributed by atoms with Crippen LogP contribution in [0, 0.1) is 5.82 Å². The van der Waals surface area contributed by atoms with E-state index in [0.717, 1.165) is 50.5 Å². The van der Waals surface area contributed by atoms with Crippen LogP contribution in [0.4, 0.5) is 10.1 Å². The maximum absolute atomic E-state index is 13.9. The van der Waals surface area contributed by atoms with E-state index >= 15 is 0 Å². The number of β-amino-alcohol motifs (C(OH)–C–C–N with tert-alkyl or cyclic N) is 1. The van der Waals surface area contributed by atoms with Gasteiger partial charge < -0.3 is 14.7 Å². The highest BCUT2D eigenvalue weighted by molar-refractivity contribution is 5.48. The molecule has 1 N–H and O–H groups in total. The number of nitrogens with zero attached hydrogens (tertiary/aromatic N) is 2. The monoisotopic (exact) mass is 342 g/mol. The fraction of sp³-hybridized carbons (Fsp3) is 0.400. The lowest BCUT2D eigenvalue weighted by atomic mass is 10.0. The Balaban J connectivity index is 1.35. The van der Waals surface area contributed by atoms with Crippen LogP contribution in [0.25, 0.3) is 0 Å². The number of anilines is 1. The molecule has 2 aliphatic rings. The van der Waals surface area contributed by atoms with E-state index in [-0.39, 0.29) is 5.82 Å². The van der Waals surface area contributed by atoms with Crippen molar-refractivity contribution < 1.29 is 14.2 Å². The highest BCUT2D eigenvalue weighted by atomic mass is 19.1. The SMILES string of the molecule is OC(CN1CCN(c2ccccc2F)CC1)c1ccc2c(c1)CCO2. The van der Waals surface area contributed by atoms with Crippen molar-refractivity contribution in [2.45, 2.75) is 12.5 Å². The van der Waals surface area contributed by atoms with Crippen LogP contribution in [-0.2, 0) is 6.42 Å². The molecule has 0 aromatic heterocycles. The average Bonchev–Trinajstić information content (AvgIpc) is 3.10. The molecule has 1 unspecified atom stereocenters. The number of benzene rings is 2. The Kier molecular flexibility index (Phi) is 4.59. The van der Waals surface area contributed by atoms with Crippen LogP contribution in [-0.4, -0.2) is 49.3 Å². The maximum Gasteiger partial charge on any atom is 0.146 e. The third-order valence-electron chi connectivity index (χ3n) is 5.09. The van der Waals surface area contributed by atoms with Gasteiger partial charge in [-0.05, 0) is 35.4 Å². The van der Waals surface area contributed by atoms with Crippen molar-refractivity contribution in [3.63, 3.8) is 0 Å². The second kappa shape index (κ2) is 7.02. The number of fused-ring (bicyclic) bond motifs is 1. The Morgan fingerprint density at radius 1 is 1.08 bits per heavy atom. The summed E-state index contributed by atoms with van der Waals surface area (Å²) in [6, 6.07) is 12.9. The van der Waals surface area contributed by atoms with E-state index in [9.17, 15) is 9.50 Å². The number of hydrogen-bond donors (Lipinski definition) is 1. The van der Waals surface area contributed by atoms with E-state index in [1.165, 1.54) is 11.6 Å². The summed E-state index contributed by atoms with van der Waals surface area (Å²) in [6.45, 7) is 4.51. The molecule has 2 aromatic rings. The summed E-state index contributed by atoms with van der Waals surface area (Å²) in [5, 5.41) is 10.6. The van der Waals surface area contributed by atoms with E-state index in [2.05, 4.69) is 15.9 Å². The van der Waals surface area contributed by atoms with Crippen LogP contribution >= 0.6 is 0 Å². The van der Waals surface area contributed by atoms with Gasteiger partial charge in [0.2, 0.25) is 0 Å². The van der Waals surface area contributed by atoms with Gasteiger partial charge in [0, 0.05) is 39.1 Å². The molecule has 25 heavy (non-hydrogen) atoms. The van der Waals surface area contributed by atoms with Crippen molar-refractivity contribution in [1.82, 2.24) is 4.90 Å². The summed E-state index contributed by atoms with van der Waals surface area (Å²) in [5.74, 6) is 0.769.